The van der Waals surface area contributed by atoms with Crippen molar-refractivity contribution in [3.8, 4) is 11.5 Å². The molecule has 4 nitrogen and oxygen atoms in total. The molecular weight excluding hydrogens is 256 g/mol. The molecule has 1 aliphatic heterocycles. The Morgan fingerprint density at radius 1 is 1.30 bits per heavy atom. The smallest absolute Gasteiger partial charge is 0.303 e. The van der Waals surface area contributed by atoms with E-state index in [0.717, 1.165) is 29.9 Å². The van der Waals surface area contributed by atoms with Gasteiger partial charge in [0.1, 0.15) is 0 Å². The van der Waals surface area contributed by atoms with Crippen molar-refractivity contribution in [2.24, 2.45) is 0 Å². The van der Waals surface area contributed by atoms with Gasteiger partial charge in [-0.15, -0.1) is 0 Å². The SMILES string of the molecule is CC(C)c1c(CCCC(=O)O)ccc2c1OCCCO2. The lowest BCUT2D eigenvalue weighted by molar-refractivity contribution is -0.137. The van der Waals surface area contributed by atoms with E-state index < -0.39 is 5.97 Å². The largest absolute Gasteiger partial charge is 0.490 e. The molecule has 0 atom stereocenters. The van der Waals surface area contributed by atoms with E-state index in [1.807, 2.05) is 12.1 Å². The average molecular weight is 278 g/mol. The predicted octanol–water partition coefficient (Wildman–Crippen LogP) is 3.38. The Morgan fingerprint density at radius 2 is 2.05 bits per heavy atom. The van der Waals surface area contributed by atoms with E-state index in [4.69, 9.17) is 14.6 Å². The van der Waals surface area contributed by atoms with Gasteiger partial charge >= 0.3 is 5.97 Å². The predicted molar refractivity (Wildman–Crippen MR) is 76.7 cm³/mol. The van der Waals surface area contributed by atoms with Crippen molar-refractivity contribution < 1.29 is 19.4 Å². The number of fused-ring (bicyclic) bond motifs is 1. The second-order valence-corrected chi connectivity index (χ2v) is 5.42. The molecule has 0 saturated heterocycles. The highest BCUT2D eigenvalue weighted by Crippen LogP contribution is 2.40. The van der Waals surface area contributed by atoms with Crippen LogP contribution in [0.3, 0.4) is 0 Å². The summed E-state index contributed by atoms with van der Waals surface area (Å²) in [6.45, 7) is 5.61. The van der Waals surface area contributed by atoms with Crippen LogP contribution >= 0.6 is 0 Å². The zero-order valence-electron chi connectivity index (χ0n) is 12.1. The summed E-state index contributed by atoms with van der Waals surface area (Å²) < 4.78 is 11.6. The standard InChI is InChI=1S/C16H22O4/c1-11(2)15-12(5-3-6-14(17)18)7-8-13-16(15)20-10-4-9-19-13/h7-8,11H,3-6,9-10H2,1-2H3,(H,17,18). The summed E-state index contributed by atoms with van der Waals surface area (Å²) in [7, 11) is 0. The Labute approximate surface area is 119 Å². The third kappa shape index (κ3) is 3.44. The Balaban J connectivity index is 2.27. The first-order chi connectivity index (χ1) is 9.59. The lowest BCUT2D eigenvalue weighted by Crippen LogP contribution is -2.04. The van der Waals surface area contributed by atoms with Gasteiger partial charge in [0.05, 0.1) is 13.2 Å². The van der Waals surface area contributed by atoms with Crippen LogP contribution in [0.5, 0.6) is 11.5 Å². The van der Waals surface area contributed by atoms with Crippen LogP contribution in [-0.2, 0) is 11.2 Å². The van der Waals surface area contributed by atoms with Crippen LogP contribution in [-0.4, -0.2) is 24.3 Å². The van der Waals surface area contributed by atoms with Crippen molar-refractivity contribution >= 4 is 5.97 Å². The van der Waals surface area contributed by atoms with Crippen molar-refractivity contribution in [2.45, 2.75) is 45.4 Å². The van der Waals surface area contributed by atoms with Crippen LogP contribution in [0.2, 0.25) is 0 Å². The molecular formula is C16H22O4. The zero-order chi connectivity index (χ0) is 14.5. The molecule has 1 aromatic rings. The van der Waals surface area contributed by atoms with Gasteiger partial charge in [0, 0.05) is 18.4 Å². The summed E-state index contributed by atoms with van der Waals surface area (Å²) in [5.74, 6) is 1.25. The van der Waals surface area contributed by atoms with Crippen LogP contribution < -0.4 is 9.47 Å². The average Bonchev–Trinajstić information content (AvgIpc) is 2.62. The maximum absolute atomic E-state index is 10.6. The van der Waals surface area contributed by atoms with Gasteiger partial charge in [-0.25, -0.2) is 0 Å². The number of aryl methyl sites for hydroxylation is 1. The number of carboxylic acids is 1. The van der Waals surface area contributed by atoms with E-state index in [1.165, 1.54) is 5.56 Å². The third-order valence-electron chi connectivity index (χ3n) is 3.46. The Morgan fingerprint density at radius 3 is 2.75 bits per heavy atom. The fourth-order valence-electron chi connectivity index (χ4n) is 2.58. The second-order valence-electron chi connectivity index (χ2n) is 5.42. The third-order valence-corrected chi connectivity index (χ3v) is 3.46. The first kappa shape index (κ1) is 14.7. The van der Waals surface area contributed by atoms with E-state index in [-0.39, 0.29) is 6.42 Å². The molecule has 1 N–H and O–H groups in total. The van der Waals surface area contributed by atoms with E-state index in [1.54, 1.807) is 0 Å². The van der Waals surface area contributed by atoms with Crippen molar-refractivity contribution in [2.75, 3.05) is 13.2 Å². The van der Waals surface area contributed by atoms with Crippen molar-refractivity contribution in [3.63, 3.8) is 0 Å². The molecule has 2 rings (SSSR count). The zero-order valence-corrected chi connectivity index (χ0v) is 12.1. The van der Waals surface area contributed by atoms with E-state index >= 15 is 0 Å². The minimum absolute atomic E-state index is 0.200. The Hall–Kier alpha value is -1.71. The number of ether oxygens (including phenoxy) is 2. The number of aliphatic carboxylic acids is 1. The number of carbonyl (C=O) groups is 1. The van der Waals surface area contributed by atoms with Gasteiger partial charge in [0.15, 0.2) is 11.5 Å². The van der Waals surface area contributed by atoms with Gasteiger partial charge in [-0.3, -0.25) is 4.79 Å². The molecule has 0 aliphatic carbocycles. The monoisotopic (exact) mass is 278 g/mol. The molecule has 0 saturated carbocycles. The minimum Gasteiger partial charge on any atom is -0.490 e. The fourth-order valence-corrected chi connectivity index (χ4v) is 2.58. The van der Waals surface area contributed by atoms with Crippen LogP contribution in [0.1, 0.15) is 50.2 Å². The molecule has 1 aliphatic rings. The fraction of sp³-hybridized carbons (Fsp3) is 0.562. The van der Waals surface area contributed by atoms with Crippen LogP contribution in [0.4, 0.5) is 0 Å². The molecule has 0 radical (unpaired) electrons. The minimum atomic E-state index is -0.745. The Bertz CT molecular complexity index is 480. The molecule has 0 bridgehead atoms. The molecule has 1 aromatic carbocycles. The summed E-state index contributed by atoms with van der Waals surface area (Å²) in [6, 6.07) is 3.99. The maximum Gasteiger partial charge on any atom is 0.303 e. The maximum atomic E-state index is 10.6. The topological polar surface area (TPSA) is 55.8 Å². The van der Waals surface area contributed by atoms with Gasteiger partial charge in [-0.2, -0.15) is 0 Å². The highest BCUT2D eigenvalue weighted by molar-refractivity contribution is 5.66. The van der Waals surface area contributed by atoms with Crippen LogP contribution in [0, 0.1) is 0 Å². The molecule has 0 spiro atoms. The van der Waals surface area contributed by atoms with Gasteiger partial charge in [0.25, 0.3) is 0 Å². The lowest BCUT2D eigenvalue weighted by atomic mass is 9.92. The summed E-state index contributed by atoms with van der Waals surface area (Å²) in [5, 5.41) is 8.75. The van der Waals surface area contributed by atoms with Crippen LogP contribution in [0.25, 0.3) is 0 Å². The van der Waals surface area contributed by atoms with E-state index in [2.05, 4.69) is 13.8 Å². The number of hydrogen-bond donors (Lipinski definition) is 1. The number of hydrogen-bond acceptors (Lipinski definition) is 3. The molecule has 4 heteroatoms. The van der Waals surface area contributed by atoms with Gasteiger partial charge < -0.3 is 14.6 Å². The molecule has 0 fully saturated rings. The summed E-state index contributed by atoms with van der Waals surface area (Å²) in [4.78, 5) is 10.6. The van der Waals surface area contributed by atoms with Crippen molar-refractivity contribution in [1.82, 2.24) is 0 Å². The molecule has 0 unspecified atom stereocenters. The first-order valence-corrected chi connectivity index (χ1v) is 7.22. The van der Waals surface area contributed by atoms with Crippen LogP contribution in [0.15, 0.2) is 12.1 Å². The normalized spacial score (nSPS) is 14.2. The molecule has 0 amide bonds. The number of rotatable bonds is 5. The summed E-state index contributed by atoms with van der Waals surface area (Å²) >= 11 is 0. The number of carboxylic acid groups (broad SMARTS) is 1. The molecule has 1 heterocycles. The summed E-state index contributed by atoms with van der Waals surface area (Å²) in [6.07, 6.45) is 2.50. The second kappa shape index (κ2) is 6.64. The molecule has 0 aromatic heterocycles. The summed E-state index contributed by atoms with van der Waals surface area (Å²) in [5.41, 5.74) is 2.33. The molecule has 110 valence electrons. The van der Waals surface area contributed by atoms with Crippen molar-refractivity contribution in [3.05, 3.63) is 23.3 Å². The van der Waals surface area contributed by atoms with Gasteiger partial charge in [0.2, 0.25) is 0 Å². The van der Waals surface area contributed by atoms with Gasteiger partial charge in [-0.1, -0.05) is 19.9 Å². The van der Waals surface area contributed by atoms with E-state index in [9.17, 15) is 4.79 Å². The highest BCUT2D eigenvalue weighted by Gasteiger charge is 2.20. The van der Waals surface area contributed by atoms with Crippen molar-refractivity contribution in [1.29, 1.82) is 0 Å². The lowest BCUT2D eigenvalue weighted by Gasteiger charge is -2.19. The number of benzene rings is 1. The molecule has 20 heavy (non-hydrogen) atoms. The first-order valence-electron chi connectivity index (χ1n) is 7.22. The van der Waals surface area contributed by atoms with E-state index in [0.29, 0.717) is 25.6 Å². The highest BCUT2D eigenvalue weighted by atomic mass is 16.5. The van der Waals surface area contributed by atoms with Gasteiger partial charge in [-0.05, 0) is 30.4 Å². The Kier molecular flexibility index (Phi) is 4.88. The quantitative estimate of drug-likeness (QED) is 0.897.